The molecule has 0 spiro atoms. The van der Waals surface area contributed by atoms with E-state index in [0.29, 0.717) is 0 Å². The second kappa shape index (κ2) is 3.58. The van der Waals surface area contributed by atoms with Crippen LogP contribution < -0.4 is 5.73 Å². The Morgan fingerprint density at radius 3 is 2.25 bits per heavy atom. The average Bonchev–Trinajstić information content (AvgIpc) is 2.47. The van der Waals surface area contributed by atoms with Crippen LogP contribution in [-0.2, 0) is 0 Å². The van der Waals surface area contributed by atoms with E-state index in [4.69, 9.17) is 5.73 Å². The fraction of sp³-hybridized carbons (Fsp3) is 0.800. The summed E-state index contributed by atoms with van der Waals surface area (Å²) in [7, 11) is 0. The van der Waals surface area contributed by atoms with Crippen molar-refractivity contribution in [2.75, 3.05) is 26.2 Å². The lowest BCUT2D eigenvalue weighted by Crippen LogP contribution is -2.27. The van der Waals surface area contributed by atoms with Crippen LogP contribution in [0.5, 0.6) is 0 Å². The van der Waals surface area contributed by atoms with Gasteiger partial charge in [0.1, 0.15) is 0 Å². The van der Waals surface area contributed by atoms with Crippen LogP contribution in [0.4, 0.5) is 0 Å². The quantitative estimate of drug-likeness (QED) is 0.616. The van der Waals surface area contributed by atoms with Gasteiger partial charge in [0.05, 0.1) is 0 Å². The standard InChI is InChI=1S/C10H18N2/c11-5-6-12-7-9-3-1-2-4-10(9)8-12/h1-2,9-10H,3-8,11H2. The maximum absolute atomic E-state index is 5.54. The fourth-order valence-electron chi connectivity index (χ4n) is 2.48. The molecule has 0 aromatic carbocycles. The molecule has 2 N–H and O–H groups in total. The predicted octanol–water partition coefficient (Wildman–Crippen LogP) is 0.843. The highest BCUT2D eigenvalue weighted by Gasteiger charge is 2.31. The lowest BCUT2D eigenvalue weighted by atomic mass is 9.86. The van der Waals surface area contributed by atoms with Gasteiger partial charge in [-0.2, -0.15) is 0 Å². The summed E-state index contributed by atoms with van der Waals surface area (Å²) >= 11 is 0. The van der Waals surface area contributed by atoms with Crippen molar-refractivity contribution in [2.45, 2.75) is 12.8 Å². The number of hydrogen-bond acceptors (Lipinski definition) is 2. The molecule has 2 atom stereocenters. The third-order valence-electron chi connectivity index (χ3n) is 3.14. The summed E-state index contributed by atoms with van der Waals surface area (Å²) < 4.78 is 0. The largest absolute Gasteiger partial charge is 0.329 e. The molecule has 1 aliphatic carbocycles. The first kappa shape index (κ1) is 8.27. The molecule has 0 radical (unpaired) electrons. The van der Waals surface area contributed by atoms with Crippen LogP contribution in [0.3, 0.4) is 0 Å². The van der Waals surface area contributed by atoms with Gasteiger partial charge in [-0.1, -0.05) is 12.2 Å². The third kappa shape index (κ3) is 1.54. The van der Waals surface area contributed by atoms with Crippen molar-refractivity contribution >= 4 is 0 Å². The van der Waals surface area contributed by atoms with Crippen LogP contribution in [0.2, 0.25) is 0 Å². The van der Waals surface area contributed by atoms with Gasteiger partial charge in [0, 0.05) is 26.2 Å². The summed E-state index contributed by atoms with van der Waals surface area (Å²) in [5, 5.41) is 0. The number of allylic oxidation sites excluding steroid dienone is 2. The summed E-state index contributed by atoms with van der Waals surface area (Å²) in [6.07, 6.45) is 7.28. The number of rotatable bonds is 2. The van der Waals surface area contributed by atoms with E-state index < -0.39 is 0 Å². The van der Waals surface area contributed by atoms with E-state index in [1.165, 1.54) is 25.9 Å². The molecule has 1 heterocycles. The topological polar surface area (TPSA) is 29.3 Å². The Hall–Kier alpha value is -0.340. The van der Waals surface area contributed by atoms with E-state index in [0.717, 1.165) is 24.9 Å². The number of hydrogen-bond donors (Lipinski definition) is 1. The second-order valence-corrected chi connectivity index (χ2v) is 4.01. The van der Waals surface area contributed by atoms with E-state index >= 15 is 0 Å². The zero-order valence-electron chi connectivity index (χ0n) is 7.58. The van der Waals surface area contributed by atoms with Gasteiger partial charge in [-0.05, 0) is 24.7 Å². The smallest absolute Gasteiger partial charge is 0.0105 e. The Kier molecular flexibility index (Phi) is 2.47. The number of likely N-dealkylation sites (tertiary alicyclic amines) is 1. The molecule has 1 saturated heterocycles. The van der Waals surface area contributed by atoms with Gasteiger partial charge >= 0.3 is 0 Å². The number of nitrogens with zero attached hydrogens (tertiary/aromatic N) is 1. The number of fused-ring (bicyclic) bond motifs is 1. The Labute approximate surface area is 74.4 Å². The summed E-state index contributed by atoms with van der Waals surface area (Å²) in [5.74, 6) is 1.86. The zero-order chi connectivity index (χ0) is 8.39. The van der Waals surface area contributed by atoms with E-state index in [2.05, 4.69) is 17.1 Å². The molecule has 0 aromatic rings. The van der Waals surface area contributed by atoms with Gasteiger partial charge in [0.15, 0.2) is 0 Å². The van der Waals surface area contributed by atoms with E-state index in [1.54, 1.807) is 0 Å². The first-order chi connectivity index (χ1) is 5.90. The predicted molar refractivity (Wildman–Crippen MR) is 50.8 cm³/mol. The van der Waals surface area contributed by atoms with E-state index in [1.807, 2.05) is 0 Å². The van der Waals surface area contributed by atoms with Crippen LogP contribution in [-0.4, -0.2) is 31.1 Å². The van der Waals surface area contributed by atoms with Gasteiger partial charge < -0.3 is 10.6 Å². The second-order valence-electron chi connectivity index (χ2n) is 4.01. The molecule has 2 heteroatoms. The Morgan fingerprint density at radius 2 is 1.75 bits per heavy atom. The molecule has 2 unspecified atom stereocenters. The monoisotopic (exact) mass is 166 g/mol. The van der Waals surface area contributed by atoms with Gasteiger partial charge in [-0.15, -0.1) is 0 Å². The molecule has 68 valence electrons. The minimum Gasteiger partial charge on any atom is -0.329 e. The average molecular weight is 166 g/mol. The van der Waals surface area contributed by atoms with Gasteiger partial charge in [-0.3, -0.25) is 0 Å². The molecular formula is C10H18N2. The maximum atomic E-state index is 5.54. The normalized spacial score (nSPS) is 35.4. The van der Waals surface area contributed by atoms with Crippen molar-refractivity contribution < 1.29 is 0 Å². The summed E-state index contributed by atoms with van der Waals surface area (Å²) in [6, 6.07) is 0. The molecule has 12 heavy (non-hydrogen) atoms. The Balaban J connectivity index is 1.89. The lowest BCUT2D eigenvalue weighted by molar-refractivity contribution is 0.331. The van der Waals surface area contributed by atoms with Crippen molar-refractivity contribution in [3.8, 4) is 0 Å². The highest BCUT2D eigenvalue weighted by Crippen LogP contribution is 2.32. The highest BCUT2D eigenvalue weighted by atomic mass is 15.2. The Bertz CT molecular complexity index is 161. The number of nitrogens with two attached hydrogens (primary N) is 1. The Morgan fingerprint density at radius 1 is 1.17 bits per heavy atom. The van der Waals surface area contributed by atoms with Crippen LogP contribution in [0.15, 0.2) is 12.2 Å². The molecule has 0 bridgehead atoms. The molecule has 2 nitrogen and oxygen atoms in total. The van der Waals surface area contributed by atoms with Crippen LogP contribution in [0.25, 0.3) is 0 Å². The van der Waals surface area contributed by atoms with Crippen LogP contribution in [0.1, 0.15) is 12.8 Å². The van der Waals surface area contributed by atoms with Crippen molar-refractivity contribution in [2.24, 2.45) is 17.6 Å². The van der Waals surface area contributed by atoms with E-state index in [9.17, 15) is 0 Å². The molecule has 0 aromatic heterocycles. The first-order valence-electron chi connectivity index (χ1n) is 4.97. The third-order valence-corrected chi connectivity index (χ3v) is 3.14. The molecule has 0 amide bonds. The lowest BCUT2D eigenvalue weighted by Gasteiger charge is -2.18. The molecule has 2 rings (SSSR count). The highest BCUT2D eigenvalue weighted by molar-refractivity contribution is 4.99. The van der Waals surface area contributed by atoms with Crippen molar-refractivity contribution in [1.82, 2.24) is 4.90 Å². The molecular weight excluding hydrogens is 148 g/mol. The maximum Gasteiger partial charge on any atom is 0.0105 e. The first-order valence-corrected chi connectivity index (χ1v) is 4.97. The van der Waals surface area contributed by atoms with Crippen molar-refractivity contribution in [3.05, 3.63) is 12.2 Å². The SMILES string of the molecule is NCCN1CC2CC=CCC2C1. The zero-order valence-corrected chi connectivity index (χ0v) is 7.58. The van der Waals surface area contributed by atoms with Crippen LogP contribution >= 0.6 is 0 Å². The molecule has 1 fully saturated rings. The molecule has 1 aliphatic heterocycles. The minimum atomic E-state index is 0.812. The van der Waals surface area contributed by atoms with Crippen molar-refractivity contribution in [1.29, 1.82) is 0 Å². The van der Waals surface area contributed by atoms with Gasteiger partial charge in [0.2, 0.25) is 0 Å². The van der Waals surface area contributed by atoms with Crippen molar-refractivity contribution in [3.63, 3.8) is 0 Å². The fourth-order valence-corrected chi connectivity index (χ4v) is 2.48. The van der Waals surface area contributed by atoms with Gasteiger partial charge in [0.25, 0.3) is 0 Å². The van der Waals surface area contributed by atoms with Crippen LogP contribution in [0, 0.1) is 11.8 Å². The summed E-state index contributed by atoms with van der Waals surface area (Å²) in [5.41, 5.74) is 5.54. The summed E-state index contributed by atoms with van der Waals surface area (Å²) in [6.45, 7) is 4.47. The molecule has 2 aliphatic rings. The minimum absolute atomic E-state index is 0.812. The van der Waals surface area contributed by atoms with E-state index in [-0.39, 0.29) is 0 Å². The molecule has 0 saturated carbocycles. The summed E-state index contributed by atoms with van der Waals surface area (Å²) in [4.78, 5) is 2.52. The van der Waals surface area contributed by atoms with Gasteiger partial charge in [-0.25, -0.2) is 0 Å².